The molecule has 0 unspecified atom stereocenters. The minimum absolute atomic E-state index is 0.0829. The Kier molecular flexibility index (Phi) is 5.86. The molecule has 2 N–H and O–H groups in total. The fourth-order valence-electron chi connectivity index (χ4n) is 2.93. The Labute approximate surface area is 168 Å². The summed E-state index contributed by atoms with van der Waals surface area (Å²) in [4.78, 5) is 48.8. The van der Waals surface area contributed by atoms with E-state index in [4.69, 9.17) is 0 Å². The normalized spacial score (nSPS) is 13.2. The monoisotopic (exact) mass is 419 g/mol. The first kappa shape index (κ1) is 21.0. The summed E-state index contributed by atoms with van der Waals surface area (Å²) in [6, 6.07) is 12.1. The van der Waals surface area contributed by atoms with E-state index in [1.54, 1.807) is 23.5 Å². The molecule has 0 saturated heterocycles. The number of halogens is 3. The average molecular weight is 419 g/mol. The molecule has 0 aliphatic carbocycles. The van der Waals surface area contributed by atoms with E-state index < -0.39 is 29.8 Å². The number of hydrogen-bond acceptors (Lipinski definition) is 4. The molecule has 0 aromatic heterocycles. The van der Waals surface area contributed by atoms with E-state index in [1.807, 2.05) is 0 Å². The maximum Gasteiger partial charge on any atom is 0.471 e. The molecule has 1 heterocycles. The van der Waals surface area contributed by atoms with Crippen LogP contribution in [0.1, 0.15) is 32.7 Å². The van der Waals surface area contributed by atoms with Gasteiger partial charge in [0, 0.05) is 25.2 Å². The third-order valence-corrected chi connectivity index (χ3v) is 4.44. The molecule has 0 saturated carbocycles. The first-order chi connectivity index (χ1) is 14.2. The largest absolute Gasteiger partial charge is 0.471 e. The molecule has 0 fully saturated rings. The molecule has 2 aromatic carbocycles. The highest BCUT2D eigenvalue weighted by Gasteiger charge is 2.39. The molecule has 1 aliphatic rings. The standard InChI is InChI=1S/C20H16F3N3O4/c21-20(22,23)19(30)25-15-8-4-1-5-12(15)11-24-16(27)9-10-26-17(28)13-6-2-3-7-14(13)18(26)29/h1-8H,9-11H2,(H,24,27)(H,25,30). The zero-order valence-electron chi connectivity index (χ0n) is 15.5. The predicted octanol–water partition coefficient (Wildman–Crippen LogP) is 2.49. The summed E-state index contributed by atoms with van der Waals surface area (Å²) in [7, 11) is 0. The van der Waals surface area contributed by atoms with E-state index in [2.05, 4.69) is 5.32 Å². The molecule has 4 amide bonds. The van der Waals surface area contributed by atoms with Crippen LogP contribution >= 0.6 is 0 Å². The van der Waals surface area contributed by atoms with Gasteiger partial charge < -0.3 is 10.6 Å². The Morgan fingerprint density at radius 2 is 1.47 bits per heavy atom. The number of benzene rings is 2. The number of alkyl halides is 3. The number of para-hydroxylation sites is 1. The van der Waals surface area contributed by atoms with Crippen molar-refractivity contribution in [2.75, 3.05) is 11.9 Å². The van der Waals surface area contributed by atoms with E-state index in [0.717, 1.165) is 4.90 Å². The van der Waals surface area contributed by atoms with Crippen molar-refractivity contribution in [3.63, 3.8) is 0 Å². The number of fused-ring (bicyclic) bond motifs is 1. The highest BCUT2D eigenvalue weighted by molar-refractivity contribution is 6.21. The third kappa shape index (κ3) is 4.48. The van der Waals surface area contributed by atoms with Crippen LogP contribution in [0.2, 0.25) is 0 Å². The molecule has 156 valence electrons. The zero-order valence-corrected chi connectivity index (χ0v) is 15.5. The lowest BCUT2D eigenvalue weighted by molar-refractivity contribution is -0.167. The Bertz CT molecular complexity index is 985. The molecule has 0 radical (unpaired) electrons. The molecule has 1 aliphatic heterocycles. The van der Waals surface area contributed by atoms with Gasteiger partial charge in [0.2, 0.25) is 5.91 Å². The van der Waals surface area contributed by atoms with Crippen molar-refractivity contribution in [3.05, 3.63) is 65.2 Å². The van der Waals surface area contributed by atoms with E-state index in [1.165, 1.54) is 30.3 Å². The molecule has 0 atom stereocenters. The average Bonchev–Trinajstić information content (AvgIpc) is 2.95. The van der Waals surface area contributed by atoms with E-state index in [9.17, 15) is 32.3 Å². The van der Waals surface area contributed by atoms with E-state index in [0.29, 0.717) is 0 Å². The van der Waals surface area contributed by atoms with Crippen LogP contribution in [0, 0.1) is 0 Å². The second-order valence-electron chi connectivity index (χ2n) is 6.44. The second kappa shape index (κ2) is 8.36. The predicted molar refractivity (Wildman–Crippen MR) is 99.4 cm³/mol. The minimum atomic E-state index is -5.04. The number of rotatable bonds is 6. The molecule has 0 spiro atoms. The lowest BCUT2D eigenvalue weighted by Gasteiger charge is -2.15. The summed E-state index contributed by atoms with van der Waals surface area (Å²) in [5.41, 5.74) is 0.735. The SMILES string of the molecule is O=C(CCN1C(=O)c2ccccc2C1=O)NCc1ccccc1NC(=O)C(F)(F)F. The van der Waals surface area contributed by atoms with Crippen LogP contribution in [0.4, 0.5) is 18.9 Å². The van der Waals surface area contributed by atoms with Gasteiger partial charge in [-0.3, -0.25) is 24.1 Å². The second-order valence-corrected chi connectivity index (χ2v) is 6.44. The number of nitrogens with zero attached hydrogens (tertiary/aromatic N) is 1. The summed E-state index contributed by atoms with van der Waals surface area (Å²) in [5.74, 6) is -3.59. The Morgan fingerprint density at radius 3 is 2.07 bits per heavy atom. The Balaban J connectivity index is 1.56. The number of carbonyl (C=O) groups is 4. The van der Waals surface area contributed by atoms with Gasteiger partial charge in [0.15, 0.2) is 0 Å². The number of anilines is 1. The van der Waals surface area contributed by atoms with Crippen molar-refractivity contribution in [2.24, 2.45) is 0 Å². The zero-order chi connectivity index (χ0) is 21.9. The van der Waals surface area contributed by atoms with Gasteiger partial charge >= 0.3 is 12.1 Å². The number of nitrogens with one attached hydrogen (secondary N) is 2. The summed E-state index contributed by atoms with van der Waals surface area (Å²) in [5, 5.41) is 4.27. The molecular weight excluding hydrogens is 403 g/mol. The Hall–Kier alpha value is -3.69. The minimum Gasteiger partial charge on any atom is -0.352 e. The summed E-state index contributed by atoms with van der Waals surface area (Å²) in [6.45, 7) is -0.278. The molecule has 0 bridgehead atoms. The summed E-state index contributed by atoms with van der Waals surface area (Å²) < 4.78 is 37.3. The highest BCUT2D eigenvalue weighted by Crippen LogP contribution is 2.23. The van der Waals surface area contributed by atoms with Crippen LogP contribution in [0.3, 0.4) is 0 Å². The topological polar surface area (TPSA) is 95.6 Å². The number of carbonyl (C=O) groups excluding carboxylic acids is 4. The van der Waals surface area contributed by atoms with E-state index >= 15 is 0 Å². The first-order valence-electron chi connectivity index (χ1n) is 8.86. The third-order valence-electron chi connectivity index (χ3n) is 4.44. The van der Waals surface area contributed by atoms with Crippen molar-refractivity contribution < 1.29 is 32.3 Å². The molecular formula is C20H16F3N3O4. The molecule has 2 aromatic rings. The van der Waals surface area contributed by atoms with Crippen LogP contribution in [-0.2, 0) is 16.1 Å². The van der Waals surface area contributed by atoms with Crippen molar-refractivity contribution in [2.45, 2.75) is 19.1 Å². The maximum atomic E-state index is 12.4. The number of hydrogen-bond donors (Lipinski definition) is 2. The first-order valence-corrected chi connectivity index (χ1v) is 8.86. The summed E-state index contributed by atoms with van der Waals surface area (Å²) >= 11 is 0. The van der Waals surface area contributed by atoms with Crippen molar-refractivity contribution in [1.82, 2.24) is 10.2 Å². The van der Waals surface area contributed by atoms with Crippen molar-refractivity contribution in [1.29, 1.82) is 0 Å². The number of amides is 4. The van der Waals surface area contributed by atoms with Gasteiger partial charge in [0.05, 0.1) is 11.1 Å². The molecule has 10 heteroatoms. The molecule has 30 heavy (non-hydrogen) atoms. The van der Waals surface area contributed by atoms with Crippen LogP contribution < -0.4 is 10.6 Å². The van der Waals surface area contributed by atoms with Crippen molar-refractivity contribution in [3.8, 4) is 0 Å². The van der Waals surface area contributed by atoms with Crippen LogP contribution in [-0.4, -0.2) is 41.2 Å². The van der Waals surface area contributed by atoms with Gasteiger partial charge in [-0.15, -0.1) is 0 Å². The van der Waals surface area contributed by atoms with Gasteiger partial charge in [0.25, 0.3) is 11.8 Å². The smallest absolute Gasteiger partial charge is 0.352 e. The van der Waals surface area contributed by atoms with Gasteiger partial charge in [-0.2, -0.15) is 13.2 Å². The quantitative estimate of drug-likeness (QED) is 0.704. The van der Waals surface area contributed by atoms with Crippen molar-refractivity contribution >= 4 is 29.3 Å². The summed E-state index contributed by atoms with van der Waals surface area (Å²) in [6.07, 6.45) is -5.22. The fraction of sp³-hybridized carbons (Fsp3) is 0.200. The van der Waals surface area contributed by atoms with Crippen LogP contribution in [0.5, 0.6) is 0 Å². The highest BCUT2D eigenvalue weighted by atomic mass is 19.4. The fourth-order valence-corrected chi connectivity index (χ4v) is 2.93. The van der Waals surface area contributed by atoms with Gasteiger partial charge in [-0.25, -0.2) is 0 Å². The van der Waals surface area contributed by atoms with Gasteiger partial charge in [0.1, 0.15) is 0 Å². The Morgan fingerprint density at radius 1 is 0.900 bits per heavy atom. The lowest BCUT2D eigenvalue weighted by Crippen LogP contribution is -2.34. The molecule has 3 rings (SSSR count). The molecule has 7 nitrogen and oxygen atoms in total. The van der Waals surface area contributed by atoms with E-state index in [-0.39, 0.29) is 41.9 Å². The number of imide groups is 1. The van der Waals surface area contributed by atoms with Gasteiger partial charge in [-0.05, 0) is 23.8 Å². The van der Waals surface area contributed by atoms with Gasteiger partial charge in [-0.1, -0.05) is 30.3 Å². The van der Waals surface area contributed by atoms with Crippen LogP contribution in [0.25, 0.3) is 0 Å². The van der Waals surface area contributed by atoms with Crippen LogP contribution in [0.15, 0.2) is 48.5 Å². The lowest BCUT2D eigenvalue weighted by atomic mass is 10.1. The maximum absolute atomic E-state index is 12.4.